The number of piperidine rings is 1. The molecule has 1 fully saturated rings. The minimum absolute atomic E-state index is 0.121. The van der Waals surface area contributed by atoms with Gasteiger partial charge < -0.3 is 9.15 Å². The molecule has 0 unspecified atom stereocenters. The smallest absolute Gasteiger partial charge is 0.401 e. The molecule has 1 aromatic rings. The van der Waals surface area contributed by atoms with E-state index >= 15 is 0 Å². The molecule has 0 aliphatic carbocycles. The first kappa shape index (κ1) is 14.9. The van der Waals surface area contributed by atoms with Gasteiger partial charge in [-0.05, 0) is 37.9 Å². The third-order valence-electron chi connectivity index (χ3n) is 3.32. The van der Waals surface area contributed by atoms with E-state index in [-0.39, 0.29) is 12.5 Å². The van der Waals surface area contributed by atoms with Gasteiger partial charge in [-0.2, -0.15) is 13.2 Å². The van der Waals surface area contributed by atoms with Crippen LogP contribution < -0.4 is 0 Å². The summed E-state index contributed by atoms with van der Waals surface area (Å²) >= 11 is 0. The molecule has 1 aliphatic rings. The third kappa shape index (κ3) is 4.56. The lowest BCUT2D eigenvalue weighted by Crippen LogP contribution is -2.40. The van der Waals surface area contributed by atoms with E-state index in [0.29, 0.717) is 31.5 Å². The van der Waals surface area contributed by atoms with Crippen LogP contribution >= 0.6 is 0 Å². The van der Waals surface area contributed by atoms with Crippen LogP contribution in [0.4, 0.5) is 13.2 Å². The molecule has 0 radical (unpaired) electrons. The van der Waals surface area contributed by atoms with Gasteiger partial charge >= 0.3 is 12.1 Å². The lowest BCUT2D eigenvalue weighted by Gasteiger charge is -2.31. The van der Waals surface area contributed by atoms with Crippen LogP contribution in [-0.2, 0) is 4.74 Å². The Labute approximate surface area is 114 Å². The van der Waals surface area contributed by atoms with Crippen LogP contribution in [0.3, 0.4) is 0 Å². The molecule has 7 heteroatoms. The van der Waals surface area contributed by atoms with Crippen molar-refractivity contribution in [1.29, 1.82) is 0 Å². The molecule has 1 aliphatic heterocycles. The van der Waals surface area contributed by atoms with Crippen LogP contribution in [0.1, 0.15) is 23.2 Å². The van der Waals surface area contributed by atoms with E-state index in [9.17, 15) is 18.0 Å². The molecule has 112 valence electrons. The Morgan fingerprint density at radius 2 is 2.10 bits per heavy atom. The summed E-state index contributed by atoms with van der Waals surface area (Å²) in [6.45, 7) is 0.138. The predicted octanol–water partition coefficient (Wildman–Crippen LogP) is 2.71. The lowest BCUT2D eigenvalue weighted by molar-refractivity contribution is -0.148. The van der Waals surface area contributed by atoms with Gasteiger partial charge in [0.15, 0.2) is 0 Å². The number of ether oxygens (including phenoxy) is 1. The van der Waals surface area contributed by atoms with Crippen LogP contribution in [0, 0.1) is 5.92 Å². The van der Waals surface area contributed by atoms with Gasteiger partial charge in [-0.1, -0.05) is 0 Å². The molecule has 2 heterocycles. The Bertz CT molecular complexity index is 423. The van der Waals surface area contributed by atoms with Gasteiger partial charge in [-0.25, -0.2) is 4.79 Å². The first-order valence-electron chi connectivity index (χ1n) is 6.42. The van der Waals surface area contributed by atoms with Gasteiger partial charge in [0.25, 0.3) is 0 Å². The molecule has 0 amide bonds. The van der Waals surface area contributed by atoms with Crippen LogP contribution in [0.25, 0.3) is 0 Å². The van der Waals surface area contributed by atoms with Crippen molar-refractivity contribution in [1.82, 2.24) is 4.90 Å². The Balaban J connectivity index is 1.68. The maximum atomic E-state index is 12.2. The summed E-state index contributed by atoms with van der Waals surface area (Å²) in [5.74, 6) is -0.341. The van der Waals surface area contributed by atoms with Crippen molar-refractivity contribution in [3.05, 3.63) is 24.2 Å². The number of hydrogen-bond donors (Lipinski definition) is 0. The zero-order chi connectivity index (χ0) is 14.6. The summed E-state index contributed by atoms with van der Waals surface area (Å²) in [5, 5.41) is 0. The normalized spacial score (nSPS) is 18.1. The maximum absolute atomic E-state index is 12.2. The van der Waals surface area contributed by atoms with Gasteiger partial charge in [-0.15, -0.1) is 0 Å². The molecule has 0 N–H and O–H groups in total. The lowest BCUT2D eigenvalue weighted by atomic mass is 9.98. The van der Waals surface area contributed by atoms with Crippen molar-refractivity contribution in [2.24, 2.45) is 5.92 Å². The largest absolute Gasteiger partial charge is 0.472 e. The number of likely N-dealkylation sites (tertiary alicyclic amines) is 1. The molecule has 0 spiro atoms. The van der Waals surface area contributed by atoms with Gasteiger partial charge in [-0.3, -0.25) is 4.90 Å². The number of carbonyl (C=O) groups is 1. The van der Waals surface area contributed by atoms with E-state index in [2.05, 4.69) is 0 Å². The second-order valence-corrected chi connectivity index (χ2v) is 4.95. The van der Waals surface area contributed by atoms with E-state index in [1.165, 1.54) is 23.5 Å². The summed E-state index contributed by atoms with van der Waals surface area (Å²) in [7, 11) is 0. The fraction of sp³-hybridized carbons (Fsp3) is 0.615. The van der Waals surface area contributed by atoms with Crippen molar-refractivity contribution < 1.29 is 27.1 Å². The molecule has 0 atom stereocenters. The van der Waals surface area contributed by atoms with Gasteiger partial charge in [0.05, 0.1) is 25.0 Å². The second kappa shape index (κ2) is 6.30. The minimum atomic E-state index is -4.15. The number of carbonyl (C=O) groups excluding carboxylic acids is 1. The number of alkyl halides is 3. The zero-order valence-electron chi connectivity index (χ0n) is 10.9. The molecule has 0 saturated carbocycles. The molecular weight excluding hydrogens is 275 g/mol. The first-order chi connectivity index (χ1) is 9.44. The fourth-order valence-electron chi connectivity index (χ4n) is 2.22. The summed E-state index contributed by atoms with van der Waals surface area (Å²) in [6.07, 6.45) is -0.259. The average molecular weight is 291 g/mol. The summed E-state index contributed by atoms with van der Waals surface area (Å²) in [6, 6.07) is 1.51. The maximum Gasteiger partial charge on any atom is 0.401 e. The SMILES string of the molecule is O=C(OCC1CCN(CC(F)(F)F)CC1)c1ccoc1. The van der Waals surface area contributed by atoms with Crippen LogP contribution in [0.15, 0.2) is 23.0 Å². The van der Waals surface area contributed by atoms with Crippen LogP contribution in [-0.4, -0.2) is 43.3 Å². The van der Waals surface area contributed by atoms with Crippen molar-refractivity contribution >= 4 is 5.97 Å². The van der Waals surface area contributed by atoms with Gasteiger partial charge in [0.1, 0.15) is 6.26 Å². The number of furan rings is 1. The average Bonchev–Trinajstić information content (AvgIpc) is 2.89. The third-order valence-corrected chi connectivity index (χ3v) is 3.32. The highest BCUT2D eigenvalue weighted by molar-refractivity contribution is 5.88. The number of nitrogens with zero attached hydrogens (tertiary/aromatic N) is 1. The zero-order valence-corrected chi connectivity index (χ0v) is 10.9. The highest BCUT2D eigenvalue weighted by Crippen LogP contribution is 2.22. The molecule has 20 heavy (non-hydrogen) atoms. The van der Waals surface area contributed by atoms with E-state index in [1.54, 1.807) is 0 Å². The number of halogens is 3. The van der Waals surface area contributed by atoms with E-state index < -0.39 is 18.7 Å². The second-order valence-electron chi connectivity index (χ2n) is 4.95. The molecule has 0 aromatic carbocycles. The first-order valence-corrected chi connectivity index (χ1v) is 6.42. The molecular formula is C13H16F3NO3. The highest BCUT2D eigenvalue weighted by Gasteiger charge is 2.32. The highest BCUT2D eigenvalue weighted by atomic mass is 19.4. The summed E-state index contributed by atoms with van der Waals surface area (Å²) in [5.41, 5.74) is 0.347. The predicted molar refractivity (Wildman–Crippen MR) is 64.2 cm³/mol. The number of hydrogen-bond acceptors (Lipinski definition) is 4. The van der Waals surface area contributed by atoms with E-state index in [4.69, 9.17) is 9.15 Å². The molecule has 0 bridgehead atoms. The van der Waals surface area contributed by atoms with Crippen LogP contribution in [0.5, 0.6) is 0 Å². The van der Waals surface area contributed by atoms with Crippen molar-refractivity contribution in [2.75, 3.05) is 26.2 Å². The summed E-state index contributed by atoms with van der Waals surface area (Å²) < 4.78 is 46.6. The van der Waals surface area contributed by atoms with Crippen molar-refractivity contribution in [2.45, 2.75) is 19.0 Å². The monoisotopic (exact) mass is 291 g/mol. The Morgan fingerprint density at radius 3 is 2.65 bits per heavy atom. The Kier molecular flexibility index (Phi) is 4.69. The summed E-state index contributed by atoms with van der Waals surface area (Å²) in [4.78, 5) is 12.9. The fourth-order valence-corrected chi connectivity index (χ4v) is 2.22. The molecule has 1 aromatic heterocycles. The van der Waals surface area contributed by atoms with Gasteiger partial charge in [0, 0.05) is 0 Å². The number of esters is 1. The topological polar surface area (TPSA) is 42.7 Å². The van der Waals surface area contributed by atoms with E-state index in [0.717, 1.165) is 0 Å². The Hall–Kier alpha value is -1.50. The van der Waals surface area contributed by atoms with Crippen LogP contribution in [0.2, 0.25) is 0 Å². The molecule has 1 saturated heterocycles. The quantitative estimate of drug-likeness (QED) is 0.800. The van der Waals surface area contributed by atoms with E-state index in [1.807, 2.05) is 0 Å². The van der Waals surface area contributed by atoms with Crippen molar-refractivity contribution in [3.8, 4) is 0 Å². The Morgan fingerprint density at radius 1 is 1.40 bits per heavy atom. The standard InChI is InChI=1S/C13H16F3NO3/c14-13(15,16)9-17-4-1-10(2-5-17)7-20-12(18)11-3-6-19-8-11/h3,6,8,10H,1-2,4-5,7,9H2. The molecule has 2 rings (SSSR count). The van der Waals surface area contributed by atoms with Crippen molar-refractivity contribution in [3.63, 3.8) is 0 Å². The minimum Gasteiger partial charge on any atom is -0.472 e. The number of rotatable bonds is 4. The molecule has 4 nitrogen and oxygen atoms in total. The van der Waals surface area contributed by atoms with Gasteiger partial charge in [0.2, 0.25) is 0 Å².